The highest BCUT2D eigenvalue weighted by atomic mass is 16.1. The van der Waals surface area contributed by atoms with Gasteiger partial charge in [0.2, 0.25) is 0 Å². The minimum atomic E-state index is 0.106. The molecule has 4 heteroatoms. The van der Waals surface area contributed by atoms with Crippen molar-refractivity contribution < 1.29 is 4.79 Å². The van der Waals surface area contributed by atoms with Crippen LogP contribution in [0.5, 0.6) is 0 Å². The van der Waals surface area contributed by atoms with E-state index in [4.69, 9.17) is 0 Å². The number of Topliss-reactive ketones (excluding diaryl/α,β-unsaturated/α-hetero) is 1. The summed E-state index contributed by atoms with van der Waals surface area (Å²) >= 11 is 0. The van der Waals surface area contributed by atoms with Crippen molar-refractivity contribution in [3.05, 3.63) is 36.5 Å². The molecular weight excluding hydrogens is 262 g/mol. The number of carbonyl (C=O) groups is 1. The van der Waals surface area contributed by atoms with Crippen LogP contribution >= 0.6 is 0 Å². The van der Waals surface area contributed by atoms with Gasteiger partial charge in [0.15, 0.2) is 0 Å². The SMILES string of the molecule is O=C(CC1c2ccncc2-c2cncn21)C1CCCCC1. The van der Waals surface area contributed by atoms with Crippen LogP contribution in [-0.4, -0.2) is 20.3 Å². The van der Waals surface area contributed by atoms with E-state index >= 15 is 0 Å². The van der Waals surface area contributed by atoms with Crippen LogP contribution in [0.4, 0.5) is 0 Å². The smallest absolute Gasteiger partial charge is 0.138 e. The molecular formula is C17H19N3O. The van der Waals surface area contributed by atoms with Crippen LogP contribution < -0.4 is 0 Å². The molecule has 0 saturated heterocycles. The predicted molar refractivity (Wildman–Crippen MR) is 79.8 cm³/mol. The molecule has 1 fully saturated rings. The van der Waals surface area contributed by atoms with E-state index in [-0.39, 0.29) is 12.0 Å². The molecule has 0 N–H and O–H groups in total. The first-order valence-electron chi connectivity index (χ1n) is 7.83. The van der Waals surface area contributed by atoms with Crippen LogP contribution in [0.1, 0.15) is 50.1 Å². The van der Waals surface area contributed by atoms with Crippen molar-refractivity contribution in [2.45, 2.75) is 44.6 Å². The van der Waals surface area contributed by atoms with Gasteiger partial charge in [0.05, 0.1) is 24.3 Å². The zero-order chi connectivity index (χ0) is 14.2. The number of rotatable bonds is 3. The molecule has 1 atom stereocenters. The van der Waals surface area contributed by atoms with Crippen molar-refractivity contribution in [1.29, 1.82) is 0 Å². The average molecular weight is 281 g/mol. The number of pyridine rings is 1. The Labute approximate surface area is 124 Å². The van der Waals surface area contributed by atoms with Gasteiger partial charge >= 0.3 is 0 Å². The maximum Gasteiger partial charge on any atom is 0.138 e. The first-order valence-corrected chi connectivity index (χ1v) is 7.83. The van der Waals surface area contributed by atoms with E-state index in [0.717, 1.165) is 24.1 Å². The van der Waals surface area contributed by atoms with Crippen molar-refractivity contribution in [2.24, 2.45) is 5.92 Å². The molecule has 108 valence electrons. The van der Waals surface area contributed by atoms with Crippen molar-refractivity contribution in [3.8, 4) is 11.3 Å². The van der Waals surface area contributed by atoms with E-state index < -0.39 is 0 Å². The summed E-state index contributed by atoms with van der Waals surface area (Å²) in [6, 6.07) is 2.15. The van der Waals surface area contributed by atoms with E-state index in [1.54, 1.807) is 0 Å². The summed E-state index contributed by atoms with van der Waals surface area (Å²) in [4.78, 5) is 21.1. The maximum absolute atomic E-state index is 12.6. The highest BCUT2D eigenvalue weighted by molar-refractivity contribution is 5.83. The van der Waals surface area contributed by atoms with Gasteiger partial charge in [0.25, 0.3) is 0 Å². The summed E-state index contributed by atoms with van der Waals surface area (Å²) < 4.78 is 2.13. The van der Waals surface area contributed by atoms with Gasteiger partial charge in [-0.15, -0.1) is 0 Å². The molecule has 1 saturated carbocycles. The van der Waals surface area contributed by atoms with Crippen molar-refractivity contribution in [2.75, 3.05) is 0 Å². The Hall–Kier alpha value is -1.97. The summed E-state index contributed by atoms with van der Waals surface area (Å²) in [6.07, 6.45) is 13.8. The second-order valence-corrected chi connectivity index (χ2v) is 6.17. The van der Waals surface area contributed by atoms with E-state index in [2.05, 4.69) is 14.5 Å². The molecule has 3 heterocycles. The lowest BCUT2D eigenvalue weighted by molar-refractivity contribution is -0.124. The Bertz CT molecular complexity index is 670. The Morgan fingerprint density at radius 1 is 1.19 bits per heavy atom. The van der Waals surface area contributed by atoms with Crippen molar-refractivity contribution >= 4 is 5.78 Å². The number of hydrogen-bond acceptors (Lipinski definition) is 3. The zero-order valence-electron chi connectivity index (χ0n) is 12.0. The lowest BCUT2D eigenvalue weighted by Crippen LogP contribution is -2.21. The molecule has 0 aromatic carbocycles. The molecule has 4 nitrogen and oxygen atoms in total. The standard InChI is InChI=1S/C17H19N3O/c21-17(12-4-2-1-3-5-12)8-15-13-6-7-18-9-14(13)16-10-19-11-20(15)16/h6-7,9-12,15H,1-5,8H2. The molecule has 2 aromatic heterocycles. The van der Waals surface area contributed by atoms with E-state index in [1.807, 2.05) is 31.0 Å². The second kappa shape index (κ2) is 5.10. The highest BCUT2D eigenvalue weighted by Crippen LogP contribution is 2.41. The summed E-state index contributed by atoms with van der Waals surface area (Å²) in [6.45, 7) is 0. The first kappa shape index (κ1) is 12.7. The molecule has 21 heavy (non-hydrogen) atoms. The van der Waals surface area contributed by atoms with Gasteiger partial charge in [-0.25, -0.2) is 4.98 Å². The molecule has 0 spiro atoms. The molecule has 1 unspecified atom stereocenters. The van der Waals surface area contributed by atoms with E-state index in [0.29, 0.717) is 12.2 Å². The summed E-state index contributed by atoms with van der Waals surface area (Å²) in [7, 11) is 0. The number of carbonyl (C=O) groups excluding carboxylic acids is 1. The maximum atomic E-state index is 12.6. The first-order chi connectivity index (χ1) is 10.3. The minimum absolute atomic E-state index is 0.106. The van der Waals surface area contributed by atoms with Gasteiger partial charge in [-0.1, -0.05) is 19.3 Å². The van der Waals surface area contributed by atoms with Crippen LogP contribution in [0, 0.1) is 5.92 Å². The number of imidazole rings is 1. The summed E-state index contributed by atoms with van der Waals surface area (Å²) in [5.74, 6) is 0.695. The predicted octanol–water partition coefficient (Wildman–Crippen LogP) is 3.39. The molecule has 4 rings (SSSR count). The highest BCUT2D eigenvalue weighted by Gasteiger charge is 2.32. The van der Waals surface area contributed by atoms with Gasteiger partial charge in [0.1, 0.15) is 5.78 Å². The van der Waals surface area contributed by atoms with Crippen LogP contribution in [-0.2, 0) is 4.79 Å². The molecule has 1 aliphatic carbocycles. The van der Waals surface area contributed by atoms with Gasteiger partial charge in [0, 0.05) is 30.3 Å². The molecule has 2 aromatic rings. The molecule has 0 amide bonds. The van der Waals surface area contributed by atoms with Gasteiger partial charge < -0.3 is 4.57 Å². The van der Waals surface area contributed by atoms with E-state index in [1.165, 1.54) is 24.8 Å². The molecule has 2 aliphatic rings. The fourth-order valence-electron chi connectivity index (χ4n) is 3.81. The second-order valence-electron chi connectivity index (χ2n) is 6.17. The quantitative estimate of drug-likeness (QED) is 0.866. The third kappa shape index (κ3) is 2.09. The fourth-order valence-corrected chi connectivity index (χ4v) is 3.81. The normalized spacial score (nSPS) is 21.0. The van der Waals surface area contributed by atoms with Crippen LogP contribution in [0.15, 0.2) is 31.0 Å². The summed E-state index contributed by atoms with van der Waals surface area (Å²) in [5, 5.41) is 0. The largest absolute Gasteiger partial charge is 0.322 e. The molecule has 0 radical (unpaired) electrons. The van der Waals surface area contributed by atoms with Crippen LogP contribution in [0.25, 0.3) is 11.3 Å². The van der Waals surface area contributed by atoms with Crippen LogP contribution in [0.2, 0.25) is 0 Å². The molecule has 0 bridgehead atoms. The number of fused-ring (bicyclic) bond motifs is 3. The minimum Gasteiger partial charge on any atom is -0.322 e. The summed E-state index contributed by atoms with van der Waals surface area (Å²) in [5.41, 5.74) is 3.42. The molecule has 1 aliphatic heterocycles. The number of ketones is 1. The Morgan fingerprint density at radius 2 is 2.05 bits per heavy atom. The third-order valence-electron chi connectivity index (χ3n) is 4.95. The van der Waals surface area contributed by atoms with Gasteiger partial charge in [-0.05, 0) is 24.5 Å². The van der Waals surface area contributed by atoms with Crippen molar-refractivity contribution in [1.82, 2.24) is 14.5 Å². The topological polar surface area (TPSA) is 47.8 Å². The van der Waals surface area contributed by atoms with Gasteiger partial charge in [-0.2, -0.15) is 0 Å². The number of hydrogen-bond donors (Lipinski definition) is 0. The Morgan fingerprint density at radius 3 is 2.90 bits per heavy atom. The van der Waals surface area contributed by atoms with Gasteiger partial charge in [-0.3, -0.25) is 9.78 Å². The average Bonchev–Trinajstić information content (AvgIpc) is 3.11. The third-order valence-corrected chi connectivity index (χ3v) is 4.95. The Kier molecular flexibility index (Phi) is 3.09. The number of nitrogens with zero attached hydrogens (tertiary/aromatic N) is 3. The Balaban J connectivity index is 1.62. The zero-order valence-corrected chi connectivity index (χ0v) is 12.0. The lowest BCUT2D eigenvalue weighted by atomic mass is 9.83. The number of aromatic nitrogens is 3. The van der Waals surface area contributed by atoms with E-state index in [9.17, 15) is 4.79 Å². The fraction of sp³-hybridized carbons (Fsp3) is 0.471. The monoisotopic (exact) mass is 281 g/mol. The van der Waals surface area contributed by atoms with Crippen molar-refractivity contribution in [3.63, 3.8) is 0 Å². The lowest BCUT2D eigenvalue weighted by Gasteiger charge is -2.22. The van der Waals surface area contributed by atoms with Crippen LogP contribution in [0.3, 0.4) is 0 Å².